The number of carbonyl (C=O) groups excluding carboxylic acids is 1. The molecule has 0 atom stereocenters. The van der Waals surface area contributed by atoms with Gasteiger partial charge in [-0.05, 0) is 45.7 Å². The minimum atomic E-state index is -3.74. The molecule has 1 aliphatic rings. The molecule has 0 aromatic heterocycles. The van der Waals surface area contributed by atoms with E-state index in [2.05, 4.69) is 0 Å². The molecule has 21 heavy (non-hydrogen) atoms. The van der Waals surface area contributed by atoms with Crippen LogP contribution in [0.5, 0.6) is 0 Å². The lowest BCUT2D eigenvalue weighted by Crippen LogP contribution is -2.46. The van der Waals surface area contributed by atoms with Crippen molar-refractivity contribution in [2.45, 2.75) is 62.2 Å². The summed E-state index contributed by atoms with van der Waals surface area (Å²) in [6, 6.07) is 6.66. The molecule has 0 amide bonds. The normalized spacial score (nSPS) is 17.9. The van der Waals surface area contributed by atoms with Gasteiger partial charge in [0.05, 0.1) is 11.0 Å². The summed E-state index contributed by atoms with van der Waals surface area (Å²) in [6.07, 6.45) is 1.84. The largest absolute Gasteiger partial charge is 0.462 e. The molecular weight excluding hydrogens is 288 g/mol. The van der Waals surface area contributed by atoms with Crippen LogP contribution >= 0.6 is 0 Å². The maximum atomic E-state index is 13.0. The molecule has 0 radical (unpaired) electrons. The topological polar surface area (TPSA) is 60.4 Å². The Kier molecular flexibility index (Phi) is 4.42. The Labute approximate surface area is 126 Å². The van der Waals surface area contributed by atoms with Crippen LogP contribution in [-0.4, -0.2) is 25.2 Å². The average molecular weight is 310 g/mol. The number of ether oxygens (including phenoxy) is 1. The van der Waals surface area contributed by atoms with Gasteiger partial charge in [0.1, 0.15) is 0 Å². The van der Waals surface area contributed by atoms with Gasteiger partial charge in [0.15, 0.2) is 14.6 Å². The van der Waals surface area contributed by atoms with E-state index in [-0.39, 0.29) is 11.0 Å². The molecule has 0 saturated heterocycles. The number of hydrogen-bond donors (Lipinski definition) is 0. The third-order valence-corrected chi connectivity index (χ3v) is 6.47. The second-order valence-electron chi connectivity index (χ2n) is 5.97. The highest BCUT2D eigenvalue weighted by Gasteiger charge is 2.54. The standard InChI is InChI=1S/C16H22O4S/c1-12(2)20-15(17)16(10-4-5-11-16)21(18,19)14-8-6-13(3)7-9-14/h6-9,12H,4-5,10-11H2,1-3H3. The molecule has 0 heterocycles. The lowest BCUT2D eigenvalue weighted by atomic mass is 10.1. The predicted molar refractivity (Wildman–Crippen MR) is 80.8 cm³/mol. The first kappa shape index (κ1) is 16.0. The number of aryl methyl sites for hydroxylation is 1. The van der Waals surface area contributed by atoms with Crippen molar-refractivity contribution in [3.63, 3.8) is 0 Å². The zero-order chi connectivity index (χ0) is 15.7. The maximum absolute atomic E-state index is 13.0. The van der Waals surface area contributed by atoms with E-state index in [9.17, 15) is 13.2 Å². The SMILES string of the molecule is Cc1ccc(S(=O)(=O)C2(C(=O)OC(C)C)CCCC2)cc1. The molecule has 1 aromatic carbocycles. The number of benzene rings is 1. The highest BCUT2D eigenvalue weighted by atomic mass is 32.2. The summed E-state index contributed by atoms with van der Waals surface area (Å²) < 4.78 is 29.8. The quantitative estimate of drug-likeness (QED) is 0.802. The fraction of sp³-hybridized carbons (Fsp3) is 0.562. The Morgan fingerprint density at radius 2 is 1.67 bits per heavy atom. The Morgan fingerprint density at radius 3 is 2.14 bits per heavy atom. The van der Waals surface area contributed by atoms with Crippen LogP contribution in [-0.2, 0) is 19.4 Å². The molecule has 1 saturated carbocycles. The second-order valence-corrected chi connectivity index (χ2v) is 8.23. The molecule has 0 unspecified atom stereocenters. The molecule has 0 spiro atoms. The lowest BCUT2D eigenvalue weighted by Gasteiger charge is -2.27. The van der Waals surface area contributed by atoms with E-state index in [0.717, 1.165) is 18.4 Å². The third kappa shape index (κ3) is 2.84. The molecule has 2 rings (SSSR count). The summed E-state index contributed by atoms with van der Waals surface area (Å²) in [5, 5.41) is 0. The first-order valence-corrected chi connectivity index (χ1v) is 8.80. The highest BCUT2D eigenvalue weighted by molar-refractivity contribution is 7.93. The Balaban J connectivity index is 2.46. The van der Waals surface area contributed by atoms with Crippen LogP contribution in [0.3, 0.4) is 0 Å². The zero-order valence-corrected chi connectivity index (χ0v) is 13.6. The van der Waals surface area contributed by atoms with E-state index in [1.165, 1.54) is 0 Å². The van der Waals surface area contributed by atoms with Gasteiger partial charge in [-0.1, -0.05) is 30.5 Å². The van der Waals surface area contributed by atoms with Crippen LogP contribution in [0.1, 0.15) is 45.1 Å². The van der Waals surface area contributed by atoms with E-state index in [0.29, 0.717) is 12.8 Å². The van der Waals surface area contributed by atoms with Crippen molar-refractivity contribution < 1.29 is 17.9 Å². The minimum absolute atomic E-state index is 0.204. The van der Waals surface area contributed by atoms with Crippen LogP contribution < -0.4 is 0 Å². The summed E-state index contributed by atoms with van der Waals surface area (Å²) in [5.74, 6) is -0.601. The highest BCUT2D eigenvalue weighted by Crippen LogP contribution is 2.41. The van der Waals surface area contributed by atoms with Gasteiger partial charge in [-0.25, -0.2) is 8.42 Å². The fourth-order valence-electron chi connectivity index (χ4n) is 2.79. The molecule has 1 fully saturated rings. The molecule has 4 nitrogen and oxygen atoms in total. The molecular formula is C16H22O4S. The van der Waals surface area contributed by atoms with Gasteiger partial charge in [-0.15, -0.1) is 0 Å². The van der Waals surface area contributed by atoms with E-state index < -0.39 is 20.6 Å². The number of rotatable bonds is 4. The summed E-state index contributed by atoms with van der Waals surface area (Å²) in [5.41, 5.74) is 0.985. The summed E-state index contributed by atoms with van der Waals surface area (Å²) in [6.45, 7) is 5.37. The van der Waals surface area contributed by atoms with Gasteiger partial charge in [-0.3, -0.25) is 4.79 Å². The van der Waals surface area contributed by atoms with Crippen molar-refractivity contribution in [3.8, 4) is 0 Å². The average Bonchev–Trinajstić information content (AvgIpc) is 2.89. The first-order chi connectivity index (χ1) is 9.79. The lowest BCUT2D eigenvalue weighted by molar-refractivity contribution is -0.150. The number of esters is 1. The number of carbonyl (C=O) groups is 1. The van der Waals surface area contributed by atoms with Crippen LogP contribution in [0.25, 0.3) is 0 Å². The van der Waals surface area contributed by atoms with Gasteiger partial charge in [0.2, 0.25) is 0 Å². The summed E-state index contributed by atoms with van der Waals surface area (Å²) in [4.78, 5) is 12.7. The number of hydrogen-bond acceptors (Lipinski definition) is 4. The van der Waals surface area contributed by atoms with Crippen LogP contribution in [0.2, 0.25) is 0 Å². The van der Waals surface area contributed by atoms with E-state index in [4.69, 9.17) is 4.74 Å². The first-order valence-electron chi connectivity index (χ1n) is 7.32. The van der Waals surface area contributed by atoms with Crippen molar-refractivity contribution in [1.29, 1.82) is 0 Å². The smallest absolute Gasteiger partial charge is 0.328 e. The molecule has 1 aliphatic carbocycles. The van der Waals surface area contributed by atoms with Gasteiger partial charge in [-0.2, -0.15) is 0 Å². The van der Waals surface area contributed by atoms with E-state index in [1.54, 1.807) is 38.1 Å². The third-order valence-electron chi connectivity index (χ3n) is 3.97. The van der Waals surface area contributed by atoms with Crippen molar-refractivity contribution in [2.24, 2.45) is 0 Å². The van der Waals surface area contributed by atoms with E-state index >= 15 is 0 Å². The molecule has 0 N–H and O–H groups in total. The Bertz CT molecular complexity index is 608. The van der Waals surface area contributed by atoms with Crippen LogP contribution in [0.4, 0.5) is 0 Å². The van der Waals surface area contributed by atoms with Gasteiger partial charge in [0, 0.05) is 0 Å². The molecule has 5 heteroatoms. The van der Waals surface area contributed by atoms with Gasteiger partial charge < -0.3 is 4.74 Å². The molecule has 0 bridgehead atoms. The van der Waals surface area contributed by atoms with Crippen LogP contribution in [0.15, 0.2) is 29.2 Å². The van der Waals surface area contributed by atoms with Gasteiger partial charge >= 0.3 is 5.97 Å². The van der Waals surface area contributed by atoms with Crippen molar-refractivity contribution in [2.75, 3.05) is 0 Å². The fourth-order valence-corrected chi connectivity index (χ4v) is 4.83. The van der Waals surface area contributed by atoms with Crippen molar-refractivity contribution >= 4 is 15.8 Å². The Morgan fingerprint density at radius 1 is 1.14 bits per heavy atom. The second kappa shape index (κ2) is 5.79. The summed E-state index contributed by atoms with van der Waals surface area (Å²) >= 11 is 0. The van der Waals surface area contributed by atoms with E-state index in [1.807, 2.05) is 6.92 Å². The maximum Gasteiger partial charge on any atom is 0.328 e. The Hall–Kier alpha value is -1.36. The molecule has 116 valence electrons. The van der Waals surface area contributed by atoms with Gasteiger partial charge in [0.25, 0.3) is 0 Å². The predicted octanol–water partition coefficient (Wildman–Crippen LogP) is 3.03. The monoisotopic (exact) mass is 310 g/mol. The zero-order valence-electron chi connectivity index (χ0n) is 12.8. The summed E-state index contributed by atoms with van der Waals surface area (Å²) in [7, 11) is -3.74. The minimum Gasteiger partial charge on any atom is -0.462 e. The van der Waals surface area contributed by atoms with Crippen molar-refractivity contribution in [1.82, 2.24) is 0 Å². The van der Waals surface area contributed by atoms with Crippen molar-refractivity contribution in [3.05, 3.63) is 29.8 Å². The number of sulfone groups is 1. The molecule has 0 aliphatic heterocycles. The van der Waals surface area contributed by atoms with Crippen LogP contribution in [0, 0.1) is 6.92 Å². The molecule has 1 aromatic rings.